The molecule has 0 unspecified atom stereocenters. The molecule has 0 fully saturated rings. The average Bonchev–Trinajstić information content (AvgIpc) is 2.05. The Kier molecular flexibility index (Phi) is 2.46. The van der Waals surface area contributed by atoms with Crippen molar-refractivity contribution < 1.29 is 4.79 Å². The molecule has 0 atom stereocenters. The van der Waals surface area contributed by atoms with E-state index in [2.05, 4.69) is 0 Å². The molecule has 58 valence electrons. The van der Waals surface area contributed by atoms with Crippen LogP contribution in [0.15, 0.2) is 30.3 Å². The highest BCUT2D eigenvalue weighted by Gasteiger charge is 2.05. The van der Waals surface area contributed by atoms with Crippen LogP contribution in [-0.2, 0) is 0 Å². The van der Waals surface area contributed by atoms with Crippen molar-refractivity contribution in [1.82, 2.24) is 0 Å². The third-order valence-electron chi connectivity index (χ3n) is 1.22. The van der Waals surface area contributed by atoms with Gasteiger partial charge in [0.15, 0.2) is 0 Å². The number of amides is 1. The van der Waals surface area contributed by atoms with Crippen LogP contribution in [0.4, 0.5) is 10.5 Å². The number of nitrogens with zero attached hydrogens (tertiary/aromatic N) is 1. The molecule has 0 bridgehead atoms. The Balaban J connectivity index is 2.85. The summed E-state index contributed by atoms with van der Waals surface area (Å²) in [5, 5.41) is 0.179. The molecule has 1 amide bonds. The molecule has 4 heteroatoms. The summed E-state index contributed by atoms with van der Waals surface area (Å²) in [6.07, 6.45) is 0. The monoisotopic (exact) mass is 170 g/mol. The summed E-state index contributed by atoms with van der Waals surface area (Å²) >= 11 is 5.12. The minimum absolute atomic E-state index is 0.576. The van der Waals surface area contributed by atoms with Crippen molar-refractivity contribution in [1.29, 1.82) is 0 Å². The fourth-order valence-electron chi connectivity index (χ4n) is 0.690. The number of hydrazine groups is 1. The highest BCUT2D eigenvalue weighted by molar-refractivity contribution is 6.65. The summed E-state index contributed by atoms with van der Waals surface area (Å²) in [7, 11) is 0. The largest absolute Gasteiger partial charge is 0.335 e. The van der Waals surface area contributed by atoms with E-state index in [9.17, 15) is 4.79 Å². The van der Waals surface area contributed by atoms with Gasteiger partial charge in [-0.1, -0.05) is 18.2 Å². The lowest BCUT2D eigenvalue weighted by Gasteiger charge is -2.11. The van der Waals surface area contributed by atoms with Gasteiger partial charge < -0.3 is 0 Å². The molecular formula is C7H7ClN2O. The van der Waals surface area contributed by atoms with E-state index in [1.54, 1.807) is 24.3 Å². The van der Waals surface area contributed by atoms with Crippen molar-refractivity contribution in [3.63, 3.8) is 0 Å². The van der Waals surface area contributed by atoms with Gasteiger partial charge in [-0.25, -0.2) is 10.9 Å². The van der Waals surface area contributed by atoms with E-state index in [1.807, 2.05) is 6.07 Å². The van der Waals surface area contributed by atoms with E-state index in [1.165, 1.54) is 0 Å². The summed E-state index contributed by atoms with van der Waals surface area (Å²) in [5.41, 5.74) is 0.576. The maximum atomic E-state index is 10.5. The van der Waals surface area contributed by atoms with Crippen molar-refractivity contribution in [2.75, 3.05) is 5.01 Å². The zero-order valence-electron chi connectivity index (χ0n) is 5.70. The SMILES string of the molecule is NN(C(=O)Cl)c1ccccc1. The standard InChI is InChI=1S/C7H7ClN2O/c8-7(11)10(9)6-4-2-1-3-5-6/h1-5H,9H2. The first kappa shape index (κ1) is 8.04. The fraction of sp³-hybridized carbons (Fsp3) is 0. The van der Waals surface area contributed by atoms with Crippen LogP contribution < -0.4 is 10.9 Å². The molecule has 0 saturated carbocycles. The predicted octanol–water partition coefficient (Wildman–Crippen LogP) is 1.73. The molecule has 0 aliphatic heterocycles. The Bertz CT molecular complexity index is 250. The quantitative estimate of drug-likeness (QED) is 0.229. The Morgan fingerprint density at radius 3 is 2.36 bits per heavy atom. The summed E-state index contributed by atoms with van der Waals surface area (Å²) in [6.45, 7) is 0. The summed E-state index contributed by atoms with van der Waals surface area (Å²) in [6, 6.07) is 8.76. The number of hydrogen-bond acceptors (Lipinski definition) is 2. The fourth-order valence-corrected chi connectivity index (χ4v) is 0.788. The van der Waals surface area contributed by atoms with Crippen molar-refractivity contribution in [3.8, 4) is 0 Å². The van der Waals surface area contributed by atoms with Crippen LogP contribution in [0.1, 0.15) is 0 Å². The molecular weight excluding hydrogens is 164 g/mol. The lowest BCUT2D eigenvalue weighted by Crippen LogP contribution is -2.32. The lowest BCUT2D eigenvalue weighted by molar-refractivity contribution is 0.264. The minimum atomic E-state index is -0.698. The number of nitrogens with two attached hydrogens (primary N) is 1. The number of halogens is 1. The maximum absolute atomic E-state index is 10.5. The van der Waals surface area contributed by atoms with E-state index in [0.29, 0.717) is 5.69 Å². The molecule has 0 aliphatic carbocycles. The molecule has 1 aromatic rings. The number of benzene rings is 1. The highest BCUT2D eigenvalue weighted by atomic mass is 35.5. The number of carbonyl (C=O) groups is 1. The molecule has 0 radical (unpaired) electrons. The van der Waals surface area contributed by atoms with E-state index in [-0.39, 0.29) is 0 Å². The molecule has 3 nitrogen and oxygen atoms in total. The van der Waals surface area contributed by atoms with Crippen LogP contribution in [0.2, 0.25) is 0 Å². The molecule has 0 heterocycles. The van der Waals surface area contributed by atoms with Gasteiger partial charge in [-0.2, -0.15) is 0 Å². The first-order chi connectivity index (χ1) is 5.22. The van der Waals surface area contributed by atoms with Crippen LogP contribution in [0, 0.1) is 0 Å². The number of anilines is 1. The molecule has 0 spiro atoms. The van der Waals surface area contributed by atoms with Gasteiger partial charge in [-0.15, -0.1) is 0 Å². The van der Waals surface area contributed by atoms with Gasteiger partial charge in [0.2, 0.25) is 0 Å². The van der Waals surface area contributed by atoms with Gasteiger partial charge in [-0.3, -0.25) is 4.79 Å². The Morgan fingerprint density at radius 1 is 1.36 bits per heavy atom. The topological polar surface area (TPSA) is 46.3 Å². The molecule has 11 heavy (non-hydrogen) atoms. The lowest BCUT2D eigenvalue weighted by atomic mass is 10.3. The number of para-hydroxylation sites is 1. The van der Waals surface area contributed by atoms with Crippen LogP contribution >= 0.6 is 11.6 Å². The van der Waals surface area contributed by atoms with Gasteiger partial charge >= 0.3 is 5.37 Å². The average molecular weight is 171 g/mol. The zero-order valence-corrected chi connectivity index (χ0v) is 6.45. The second-order valence-corrected chi connectivity index (χ2v) is 2.28. The maximum Gasteiger partial charge on any atom is 0.335 e. The van der Waals surface area contributed by atoms with Crippen LogP contribution in [0.5, 0.6) is 0 Å². The van der Waals surface area contributed by atoms with E-state index < -0.39 is 5.37 Å². The second kappa shape index (κ2) is 3.37. The van der Waals surface area contributed by atoms with Crippen LogP contribution in [0.25, 0.3) is 0 Å². The Morgan fingerprint density at radius 2 is 1.91 bits per heavy atom. The molecule has 0 aliphatic rings. The summed E-state index contributed by atoms with van der Waals surface area (Å²) in [5.74, 6) is 5.29. The molecule has 2 N–H and O–H groups in total. The Hall–Kier alpha value is -1.06. The third-order valence-corrected chi connectivity index (χ3v) is 1.41. The van der Waals surface area contributed by atoms with Crippen molar-refractivity contribution in [3.05, 3.63) is 30.3 Å². The molecule has 0 saturated heterocycles. The predicted molar refractivity (Wildman–Crippen MR) is 44.4 cm³/mol. The summed E-state index contributed by atoms with van der Waals surface area (Å²) < 4.78 is 0. The number of carbonyl (C=O) groups excluding carboxylic acids is 1. The first-order valence-corrected chi connectivity index (χ1v) is 3.39. The van der Waals surface area contributed by atoms with Gasteiger partial charge in [0, 0.05) is 0 Å². The van der Waals surface area contributed by atoms with Gasteiger partial charge in [0.1, 0.15) is 0 Å². The highest BCUT2D eigenvalue weighted by Crippen LogP contribution is 2.10. The van der Waals surface area contributed by atoms with E-state index in [4.69, 9.17) is 17.4 Å². The van der Waals surface area contributed by atoms with E-state index in [0.717, 1.165) is 5.01 Å². The smallest absolute Gasteiger partial charge is 0.254 e. The van der Waals surface area contributed by atoms with Gasteiger partial charge in [-0.05, 0) is 23.7 Å². The van der Waals surface area contributed by atoms with Crippen molar-refractivity contribution in [2.45, 2.75) is 0 Å². The summed E-state index contributed by atoms with van der Waals surface area (Å²) in [4.78, 5) is 10.5. The van der Waals surface area contributed by atoms with Gasteiger partial charge in [0.05, 0.1) is 5.69 Å². The minimum Gasteiger partial charge on any atom is -0.254 e. The zero-order chi connectivity index (χ0) is 8.27. The molecule has 1 aromatic carbocycles. The first-order valence-electron chi connectivity index (χ1n) is 3.01. The molecule has 0 aromatic heterocycles. The van der Waals surface area contributed by atoms with Crippen molar-refractivity contribution >= 4 is 22.7 Å². The van der Waals surface area contributed by atoms with Gasteiger partial charge in [0.25, 0.3) is 0 Å². The number of rotatable bonds is 1. The van der Waals surface area contributed by atoms with Crippen LogP contribution in [-0.4, -0.2) is 5.37 Å². The van der Waals surface area contributed by atoms with E-state index >= 15 is 0 Å². The molecule has 1 rings (SSSR count). The van der Waals surface area contributed by atoms with Crippen molar-refractivity contribution in [2.24, 2.45) is 5.84 Å². The Labute approximate surface area is 69.3 Å². The normalized spacial score (nSPS) is 9.27. The number of hydrogen-bond donors (Lipinski definition) is 1. The van der Waals surface area contributed by atoms with Crippen LogP contribution in [0.3, 0.4) is 0 Å². The third kappa shape index (κ3) is 1.93. The second-order valence-electron chi connectivity index (χ2n) is 1.96.